The average molecular weight is 288 g/mol. The highest BCUT2D eigenvalue weighted by molar-refractivity contribution is 6.07. The summed E-state index contributed by atoms with van der Waals surface area (Å²) in [6.07, 6.45) is 1.62. The number of aromatic amines is 1. The van der Waals surface area contributed by atoms with Crippen molar-refractivity contribution in [1.29, 1.82) is 0 Å². The fourth-order valence-electron chi connectivity index (χ4n) is 1.98. The number of H-pyrrole nitrogens is 1. The van der Waals surface area contributed by atoms with Gasteiger partial charge in [0.2, 0.25) is 11.8 Å². The fourth-order valence-corrected chi connectivity index (χ4v) is 1.98. The van der Waals surface area contributed by atoms with Crippen LogP contribution in [0.5, 0.6) is 0 Å². The first-order valence-corrected chi connectivity index (χ1v) is 6.35. The number of carbonyl (C=O) groups is 3. The van der Waals surface area contributed by atoms with E-state index in [2.05, 4.69) is 10.3 Å². The van der Waals surface area contributed by atoms with Gasteiger partial charge in [0.25, 0.3) is 5.91 Å². The first kappa shape index (κ1) is 14.6. The Morgan fingerprint density at radius 2 is 2.00 bits per heavy atom. The normalized spacial score (nSPS) is 10.3. The summed E-state index contributed by atoms with van der Waals surface area (Å²) in [6, 6.07) is 7.41. The minimum Gasteiger partial charge on any atom is -0.368 e. The van der Waals surface area contributed by atoms with E-state index < -0.39 is 11.8 Å². The molecule has 1 aromatic carbocycles. The van der Waals surface area contributed by atoms with Gasteiger partial charge in [-0.2, -0.15) is 0 Å². The molecule has 0 bridgehead atoms. The Kier molecular flexibility index (Phi) is 4.22. The number of amides is 3. The van der Waals surface area contributed by atoms with E-state index in [-0.39, 0.29) is 19.0 Å². The highest BCUT2D eigenvalue weighted by Gasteiger charge is 2.18. The van der Waals surface area contributed by atoms with E-state index in [4.69, 9.17) is 5.73 Å². The van der Waals surface area contributed by atoms with E-state index in [1.807, 2.05) is 24.3 Å². The molecule has 2 aromatic rings. The van der Waals surface area contributed by atoms with E-state index in [1.165, 1.54) is 11.9 Å². The lowest BCUT2D eigenvalue weighted by molar-refractivity contribution is -0.125. The number of fused-ring (bicyclic) bond motifs is 1. The number of nitrogens with zero attached hydrogens (tertiary/aromatic N) is 1. The van der Waals surface area contributed by atoms with Crippen LogP contribution in [0, 0.1) is 0 Å². The van der Waals surface area contributed by atoms with Crippen molar-refractivity contribution in [2.75, 3.05) is 20.1 Å². The number of nitrogens with one attached hydrogen (secondary N) is 2. The molecule has 0 unspecified atom stereocenters. The summed E-state index contributed by atoms with van der Waals surface area (Å²) < 4.78 is 0. The lowest BCUT2D eigenvalue weighted by atomic mass is 10.1. The zero-order valence-corrected chi connectivity index (χ0v) is 11.6. The number of primary amides is 1. The van der Waals surface area contributed by atoms with Gasteiger partial charge in [0, 0.05) is 24.1 Å². The third kappa shape index (κ3) is 3.38. The smallest absolute Gasteiger partial charge is 0.256 e. The molecule has 0 spiro atoms. The first-order valence-electron chi connectivity index (χ1n) is 6.35. The highest BCUT2D eigenvalue weighted by Crippen LogP contribution is 2.18. The fraction of sp³-hybridized carbons (Fsp3) is 0.214. The van der Waals surface area contributed by atoms with Gasteiger partial charge in [0.05, 0.1) is 18.7 Å². The van der Waals surface area contributed by atoms with Crippen LogP contribution in [0.2, 0.25) is 0 Å². The second-order valence-electron chi connectivity index (χ2n) is 4.65. The monoisotopic (exact) mass is 288 g/mol. The van der Waals surface area contributed by atoms with Crippen LogP contribution in [0.3, 0.4) is 0 Å². The van der Waals surface area contributed by atoms with Crippen LogP contribution in [0.25, 0.3) is 10.9 Å². The van der Waals surface area contributed by atoms with Gasteiger partial charge < -0.3 is 20.9 Å². The van der Waals surface area contributed by atoms with Crippen molar-refractivity contribution in [2.24, 2.45) is 5.73 Å². The molecule has 0 fully saturated rings. The summed E-state index contributed by atoms with van der Waals surface area (Å²) in [5.74, 6) is -1.35. The number of hydrogen-bond acceptors (Lipinski definition) is 3. The molecule has 0 radical (unpaired) electrons. The predicted octanol–water partition coefficient (Wildman–Crippen LogP) is -0.159. The topological polar surface area (TPSA) is 108 Å². The van der Waals surface area contributed by atoms with Crippen LogP contribution in [0.1, 0.15) is 10.4 Å². The number of nitrogens with two attached hydrogens (primary N) is 1. The van der Waals surface area contributed by atoms with Gasteiger partial charge in [-0.05, 0) is 6.07 Å². The first-order chi connectivity index (χ1) is 9.99. The number of carbonyl (C=O) groups excluding carboxylic acids is 3. The average Bonchev–Trinajstić information content (AvgIpc) is 2.88. The number of likely N-dealkylation sites (N-methyl/N-ethyl adjacent to an activating group) is 1. The third-order valence-electron chi connectivity index (χ3n) is 3.01. The highest BCUT2D eigenvalue weighted by atomic mass is 16.2. The maximum Gasteiger partial charge on any atom is 0.256 e. The van der Waals surface area contributed by atoms with Gasteiger partial charge in [0.1, 0.15) is 0 Å². The van der Waals surface area contributed by atoms with Gasteiger partial charge in [-0.25, -0.2) is 0 Å². The second kappa shape index (κ2) is 6.08. The Morgan fingerprint density at radius 1 is 1.29 bits per heavy atom. The van der Waals surface area contributed by atoms with Crippen molar-refractivity contribution >= 4 is 28.6 Å². The molecule has 0 aliphatic heterocycles. The Hall–Kier alpha value is -2.83. The molecule has 0 atom stereocenters. The van der Waals surface area contributed by atoms with Crippen molar-refractivity contribution in [3.63, 3.8) is 0 Å². The molecule has 0 aliphatic carbocycles. The third-order valence-corrected chi connectivity index (χ3v) is 3.01. The molecule has 110 valence electrons. The summed E-state index contributed by atoms with van der Waals surface area (Å²) >= 11 is 0. The zero-order valence-electron chi connectivity index (χ0n) is 11.6. The van der Waals surface area contributed by atoms with Crippen molar-refractivity contribution in [3.8, 4) is 0 Å². The number of aromatic nitrogens is 1. The molecule has 0 saturated carbocycles. The summed E-state index contributed by atoms with van der Waals surface area (Å²) in [6.45, 7) is -0.389. The molecule has 0 aliphatic rings. The van der Waals surface area contributed by atoms with Crippen LogP contribution in [-0.2, 0) is 9.59 Å². The van der Waals surface area contributed by atoms with Crippen molar-refractivity contribution in [3.05, 3.63) is 36.0 Å². The maximum atomic E-state index is 12.3. The Morgan fingerprint density at radius 3 is 2.71 bits per heavy atom. The quantitative estimate of drug-likeness (QED) is 0.711. The summed E-state index contributed by atoms with van der Waals surface area (Å²) in [4.78, 5) is 38.8. The van der Waals surface area contributed by atoms with E-state index in [0.717, 1.165) is 10.9 Å². The molecular formula is C14H16N4O3. The van der Waals surface area contributed by atoms with Crippen molar-refractivity contribution in [2.45, 2.75) is 0 Å². The summed E-state index contributed by atoms with van der Waals surface area (Å²) in [5.41, 5.74) is 6.28. The molecule has 1 aromatic heterocycles. The zero-order chi connectivity index (χ0) is 15.4. The standard InChI is InChI=1S/C14H16N4O3/c1-18(8-13(20)17-7-12(15)19)14(21)10-6-16-11-5-3-2-4-9(10)11/h2-6,16H,7-8H2,1H3,(H2,15,19)(H,17,20). The maximum absolute atomic E-state index is 12.3. The second-order valence-corrected chi connectivity index (χ2v) is 4.65. The van der Waals surface area contributed by atoms with Gasteiger partial charge in [0.15, 0.2) is 0 Å². The predicted molar refractivity (Wildman–Crippen MR) is 77.5 cm³/mol. The van der Waals surface area contributed by atoms with Crippen molar-refractivity contribution in [1.82, 2.24) is 15.2 Å². The van der Waals surface area contributed by atoms with Gasteiger partial charge >= 0.3 is 0 Å². The molecule has 4 N–H and O–H groups in total. The lowest BCUT2D eigenvalue weighted by Crippen LogP contribution is -2.41. The largest absolute Gasteiger partial charge is 0.368 e. The van der Waals surface area contributed by atoms with E-state index in [1.54, 1.807) is 6.20 Å². The van der Waals surface area contributed by atoms with Crippen LogP contribution in [0.15, 0.2) is 30.5 Å². The molecule has 0 saturated heterocycles. The van der Waals surface area contributed by atoms with Gasteiger partial charge in [-0.1, -0.05) is 18.2 Å². The molecule has 21 heavy (non-hydrogen) atoms. The van der Waals surface area contributed by atoms with Crippen LogP contribution < -0.4 is 11.1 Å². The van der Waals surface area contributed by atoms with E-state index in [9.17, 15) is 14.4 Å². The SMILES string of the molecule is CN(CC(=O)NCC(N)=O)C(=O)c1c[nH]c2ccccc12. The van der Waals surface area contributed by atoms with E-state index in [0.29, 0.717) is 5.56 Å². The molecule has 1 heterocycles. The molecule has 3 amide bonds. The Labute approximate surface area is 121 Å². The molecule has 2 rings (SSSR count). The van der Waals surface area contributed by atoms with Crippen LogP contribution in [0.4, 0.5) is 0 Å². The molecule has 7 nitrogen and oxygen atoms in total. The van der Waals surface area contributed by atoms with E-state index >= 15 is 0 Å². The van der Waals surface area contributed by atoms with Crippen molar-refractivity contribution < 1.29 is 14.4 Å². The van der Waals surface area contributed by atoms with Crippen LogP contribution >= 0.6 is 0 Å². The van der Waals surface area contributed by atoms with Crippen LogP contribution in [-0.4, -0.2) is 47.7 Å². The molecule has 7 heteroatoms. The summed E-state index contributed by atoms with van der Waals surface area (Å²) in [5, 5.41) is 3.13. The lowest BCUT2D eigenvalue weighted by Gasteiger charge is -2.16. The number of para-hydroxylation sites is 1. The Bertz CT molecular complexity index is 692. The minimum absolute atomic E-state index is 0.147. The number of rotatable bonds is 5. The minimum atomic E-state index is -0.631. The van der Waals surface area contributed by atoms with Gasteiger partial charge in [-0.3, -0.25) is 14.4 Å². The summed E-state index contributed by atoms with van der Waals surface area (Å²) in [7, 11) is 1.52. The Balaban J connectivity index is 2.05. The van der Waals surface area contributed by atoms with Gasteiger partial charge in [-0.15, -0.1) is 0 Å². The molecular weight excluding hydrogens is 272 g/mol. The number of benzene rings is 1. The number of hydrogen-bond donors (Lipinski definition) is 3.